The van der Waals surface area contributed by atoms with Gasteiger partial charge in [-0.2, -0.15) is 0 Å². The van der Waals surface area contributed by atoms with E-state index in [9.17, 15) is 4.79 Å². The van der Waals surface area contributed by atoms with Gasteiger partial charge >= 0.3 is 0 Å². The van der Waals surface area contributed by atoms with Gasteiger partial charge in [0, 0.05) is 25.7 Å². The minimum absolute atomic E-state index is 0.213. The van der Waals surface area contributed by atoms with Crippen molar-refractivity contribution in [2.24, 2.45) is 5.92 Å². The van der Waals surface area contributed by atoms with Gasteiger partial charge in [0.2, 0.25) is 5.91 Å². The summed E-state index contributed by atoms with van der Waals surface area (Å²) < 4.78 is 0. The van der Waals surface area contributed by atoms with Crippen LogP contribution in [-0.4, -0.2) is 49.6 Å². The minimum Gasteiger partial charge on any atom is -0.359 e. The number of piperidine rings is 1. The van der Waals surface area contributed by atoms with Crippen LogP contribution in [-0.2, 0) is 4.79 Å². The molecule has 116 valence electrons. The highest BCUT2D eigenvalue weighted by Gasteiger charge is 2.31. The predicted octanol–water partition coefficient (Wildman–Crippen LogP) is 1.76. The third-order valence-corrected chi connectivity index (χ3v) is 4.97. The largest absolute Gasteiger partial charge is 0.359 e. The van der Waals surface area contributed by atoms with Crippen LogP contribution in [0.15, 0.2) is 0 Å². The van der Waals surface area contributed by atoms with E-state index >= 15 is 0 Å². The molecule has 1 amide bonds. The van der Waals surface area contributed by atoms with E-state index in [0.29, 0.717) is 6.04 Å². The fourth-order valence-corrected chi connectivity index (χ4v) is 3.75. The highest BCUT2D eigenvalue weighted by molar-refractivity contribution is 5.78. The molecular formula is C16H31N3O. The van der Waals surface area contributed by atoms with Crippen LogP contribution >= 0.6 is 0 Å². The summed E-state index contributed by atoms with van der Waals surface area (Å²) in [4.78, 5) is 14.4. The fraction of sp³-hybridized carbons (Fsp3) is 0.938. The second-order valence-electron chi connectivity index (χ2n) is 6.41. The second-order valence-corrected chi connectivity index (χ2v) is 6.41. The quantitative estimate of drug-likeness (QED) is 0.807. The van der Waals surface area contributed by atoms with Crippen molar-refractivity contribution in [3.05, 3.63) is 0 Å². The van der Waals surface area contributed by atoms with Crippen molar-refractivity contribution < 1.29 is 4.79 Å². The van der Waals surface area contributed by atoms with Crippen molar-refractivity contribution in [2.75, 3.05) is 26.7 Å². The average molecular weight is 281 g/mol. The van der Waals surface area contributed by atoms with Crippen molar-refractivity contribution in [3.8, 4) is 0 Å². The van der Waals surface area contributed by atoms with E-state index in [1.807, 2.05) is 0 Å². The minimum atomic E-state index is 0.213. The summed E-state index contributed by atoms with van der Waals surface area (Å²) in [6.45, 7) is 5.53. The molecule has 2 N–H and O–H groups in total. The molecule has 2 fully saturated rings. The lowest BCUT2D eigenvalue weighted by Crippen LogP contribution is -2.49. The van der Waals surface area contributed by atoms with Gasteiger partial charge in [-0.05, 0) is 58.0 Å². The standard InChI is InChI=1S/C16H31N3O/c1-3-10-18-14-6-8-15(9-7-14)19-11-4-5-13(12-19)16(20)17-2/h13-15,18H,3-12H2,1-2H3,(H,17,20). The molecule has 0 bridgehead atoms. The maximum atomic E-state index is 11.8. The summed E-state index contributed by atoms with van der Waals surface area (Å²) >= 11 is 0. The van der Waals surface area contributed by atoms with Crippen molar-refractivity contribution in [1.29, 1.82) is 0 Å². The van der Waals surface area contributed by atoms with Gasteiger partial charge in [-0.3, -0.25) is 9.69 Å². The van der Waals surface area contributed by atoms with Gasteiger partial charge in [0.05, 0.1) is 5.92 Å². The predicted molar refractivity (Wildman–Crippen MR) is 82.7 cm³/mol. The third kappa shape index (κ3) is 4.19. The molecule has 1 saturated carbocycles. The number of rotatable bonds is 5. The molecule has 2 rings (SSSR count). The number of carbonyl (C=O) groups is 1. The Kier molecular flexibility index (Phi) is 6.30. The van der Waals surface area contributed by atoms with Gasteiger partial charge in [-0.1, -0.05) is 6.92 Å². The van der Waals surface area contributed by atoms with Gasteiger partial charge in [0.15, 0.2) is 0 Å². The molecule has 0 spiro atoms. The van der Waals surface area contributed by atoms with Crippen LogP contribution < -0.4 is 10.6 Å². The Bertz CT molecular complexity index is 300. The first-order valence-electron chi connectivity index (χ1n) is 8.43. The zero-order chi connectivity index (χ0) is 14.4. The maximum absolute atomic E-state index is 11.8. The molecule has 1 atom stereocenters. The zero-order valence-corrected chi connectivity index (χ0v) is 13.2. The van der Waals surface area contributed by atoms with E-state index < -0.39 is 0 Å². The average Bonchev–Trinajstić information content (AvgIpc) is 2.52. The third-order valence-electron chi connectivity index (χ3n) is 4.97. The van der Waals surface area contributed by atoms with Crippen LogP contribution in [0.3, 0.4) is 0 Å². The lowest BCUT2D eigenvalue weighted by Gasteiger charge is -2.41. The summed E-state index contributed by atoms with van der Waals surface area (Å²) in [6, 6.07) is 1.44. The van der Waals surface area contributed by atoms with Gasteiger partial charge in [-0.25, -0.2) is 0 Å². The number of nitrogens with one attached hydrogen (secondary N) is 2. The number of nitrogens with zero attached hydrogens (tertiary/aromatic N) is 1. The molecule has 0 radical (unpaired) electrons. The topological polar surface area (TPSA) is 44.4 Å². The Balaban J connectivity index is 1.76. The second kappa shape index (κ2) is 7.99. The molecule has 1 heterocycles. The van der Waals surface area contributed by atoms with Crippen LogP contribution in [0.5, 0.6) is 0 Å². The number of amides is 1. The highest BCUT2D eigenvalue weighted by Crippen LogP contribution is 2.27. The Morgan fingerprint density at radius 2 is 1.95 bits per heavy atom. The van der Waals surface area contributed by atoms with Crippen molar-refractivity contribution in [3.63, 3.8) is 0 Å². The first-order valence-corrected chi connectivity index (χ1v) is 8.43. The van der Waals surface area contributed by atoms with Gasteiger partial charge in [0.25, 0.3) is 0 Å². The molecule has 1 unspecified atom stereocenters. The Morgan fingerprint density at radius 1 is 1.20 bits per heavy atom. The summed E-state index contributed by atoms with van der Waals surface area (Å²) in [5, 5.41) is 6.46. The van der Waals surface area contributed by atoms with Gasteiger partial charge < -0.3 is 10.6 Å². The number of hydrogen-bond acceptors (Lipinski definition) is 3. The number of carbonyl (C=O) groups excluding carboxylic acids is 1. The number of hydrogen-bond donors (Lipinski definition) is 2. The van der Waals surface area contributed by atoms with Crippen LogP contribution in [0.25, 0.3) is 0 Å². The summed E-state index contributed by atoms with van der Waals surface area (Å²) in [7, 11) is 1.76. The molecular weight excluding hydrogens is 250 g/mol. The smallest absolute Gasteiger partial charge is 0.224 e. The van der Waals surface area contributed by atoms with Crippen molar-refractivity contribution >= 4 is 5.91 Å². The summed E-state index contributed by atoms with van der Waals surface area (Å²) in [5.74, 6) is 0.442. The Morgan fingerprint density at radius 3 is 2.60 bits per heavy atom. The van der Waals surface area contributed by atoms with Crippen LogP contribution in [0.2, 0.25) is 0 Å². The first kappa shape index (κ1) is 15.8. The highest BCUT2D eigenvalue weighted by atomic mass is 16.1. The Hall–Kier alpha value is -0.610. The van der Waals surface area contributed by atoms with Gasteiger partial charge in [-0.15, -0.1) is 0 Å². The molecule has 1 aliphatic carbocycles. The summed E-state index contributed by atoms with van der Waals surface area (Å²) in [6.07, 6.45) is 8.64. The molecule has 4 heteroatoms. The maximum Gasteiger partial charge on any atom is 0.224 e. The fourth-order valence-electron chi connectivity index (χ4n) is 3.75. The number of likely N-dealkylation sites (tertiary alicyclic amines) is 1. The van der Waals surface area contributed by atoms with E-state index in [-0.39, 0.29) is 11.8 Å². The van der Waals surface area contributed by atoms with Crippen LogP contribution in [0, 0.1) is 5.92 Å². The van der Waals surface area contributed by atoms with Gasteiger partial charge in [0.1, 0.15) is 0 Å². The first-order chi connectivity index (χ1) is 9.74. The van der Waals surface area contributed by atoms with Crippen LogP contribution in [0.4, 0.5) is 0 Å². The molecule has 1 aliphatic heterocycles. The zero-order valence-electron chi connectivity index (χ0n) is 13.2. The molecule has 1 saturated heterocycles. The lowest BCUT2D eigenvalue weighted by molar-refractivity contribution is -0.126. The molecule has 0 aromatic heterocycles. The van der Waals surface area contributed by atoms with Crippen LogP contribution in [0.1, 0.15) is 51.9 Å². The van der Waals surface area contributed by atoms with Crippen molar-refractivity contribution in [2.45, 2.75) is 64.0 Å². The molecule has 0 aromatic rings. The van der Waals surface area contributed by atoms with E-state index in [1.165, 1.54) is 45.1 Å². The molecule has 0 aromatic carbocycles. The molecule has 4 nitrogen and oxygen atoms in total. The van der Waals surface area contributed by atoms with E-state index in [1.54, 1.807) is 7.05 Å². The Labute approximate surface area is 123 Å². The van der Waals surface area contributed by atoms with E-state index in [4.69, 9.17) is 0 Å². The van der Waals surface area contributed by atoms with E-state index in [0.717, 1.165) is 25.6 Å². The molecule has 2 aliphatic rings. The van der Waals surface area contributed by atoms with Crippen molar-refractivity contribution in [1.82, 2.24) is 15.5 Å². The van der Waals surface area contributed by atoms with E-state index in [2.05, 4.69) is 22.5 Å². The molecule has 20 heavy (non-hydrogen) atoms. The SMILES string of the molecule is CCCNC1CCC(N2CCCC(C(=O)NC)C2)CC1. The summed E-state index contributed by atoms with van der Waals surface area (Å²) in [5.41, 5.74) is 0. The monoisotopic (exact) mass is 281 g/mol. The normalized spacial score (nSPS) is 32.0. The lowest BCUT2D eigenvalue weighted by atomic mass is 9.87.